The van der Waals surface area contributed by atoms with E-state index in [1.54, 1.807) is 0 Å². The maximum absolute atomic E-state index is 4.13. The SMILES string of the molecule is c1cc2c(cn1)N[C@H]1CCCC[C@H]1N2. The van der Waals surface area contributed by atoms with E-state index in [1.807, 2.05) is 18.5 Å². The number of fused-ring (bicyclic) bond motifs is 2. The Morgan fingerprint density at radius 2 is 1.79 bits per heavy atom. The van der Waals surface area contributed by atoms with Crippen LogP contribution in [0.15, 0.2) is 18.5 Å². The average molecular weight is 189 g/mol. The summed E-state index contributed by atoms with van der Waals surface area (Å²) in [6.45, 7) is 0. The van der Waals surface area contributed by atoms with E-state index in [9.17, 15) is 0 Å². The highest BCUT2D eigenvalue weighted by atomic mass is 15.1. The second-order valence-corrected chi connectivity index (χ2v) is 4.21. The molecule has 14 heavy (non-hydrogen) atoms. The molecule has 3 heteroatoms. The van der Waals surface area contributed by atoms with Gasteiger partial charge >= 0.3 is 0 Å². The van der Waals surface area contributed by atoms with Crippen LogP contribution in [0.5, 0.6) is 0 Å². The van der Waals surface area contributed by atoms with E-state index in [0.29, 0.717) is 12.1 Å². The maximum atomic E-state index is 4.13. The van der Waals surface area contributed by atoms with Gasteiger partial charge in [-0.3, -0.25) is 4.98 Å². The zero-order chi connectivity index (χ0) is 9.38. The lowest BCUT2D eigenvalue weighted by Gasteiger charge is -2.38. The van der Waals surface area contributed by atoms with Crippen LogP contribution >= 0.6 is 0 Å². The first-order chi connectivity index (χ1) is 6.93. The summed E-state index contributed by atoms with van der Waals surface area (Å²) < 4.78 is 0. The Bertz CT molecular complexity index is 304. The van der Waals surface area contributed by atoms with Gasteiger partial charge in [-0.25, -0.2) is 0 Å². The fourth-order valence-corrected chi connectivity index (χ4v) is 2.51. The normalized spacial score (nSPS) is 29.4. The van der Waals surface area contributed by atoms with Gasteiger partial charge in [-0.2, -0.15) is 0 Å². The molecule has 0 unspecified atom stereocenters. The Labute approximate surface area is 83.9 Å². The molecule has 0 radical (unpaired) electrons. The number of anilines is 2. The van der Waals surface area contributed by atoms with E-state index >= 15 is 0 Å². The molecule has 3 nitrogen and oxygen atoms in total. The molecule has 3 rings (SSSR count). The van der Waals surface area contributed by atoms with Gasteiger partial charge in [-0.1, -0.05) is 12.8 Å². The van der Waals surface area contributed by atoms with Crippen LogP contribution in [0.1, 0.15) is 25.7 Å². The van der Waals surface area contributed by atoms with Gasteiger partial charge < -0.3 is 10.6 Å². The predicted molar refractivity (Wildman–Crippen MR) is 57.5 cm³/mol. The number of hydrogen-bond donors (Lipinski definition) is 2. The van der Waals surface area contributed by atoms with Crippen molar-refractivity contribution in [3.8, 4) is 0 Å². The molecule has 1 fully saturated rings. The highest BCUT2D eigenvalue weighted by Gasteiger charge is 2.29. The van der Waals surface area contributed by atoms with E-state index in [0.717, 1.165) is 5.69 Å². The Morgan fingerprint density at radius 1 is 1.07 bits per heavy atom. The molecule has 1 aliphatic carbocycles. The number of hydrogen-bond acceptors (Lipinski definition) is 3. The van der Waals surface area contributed by atoms with Gasteiger partial charge in [0.05, 0.1) is 17.6 Å². The summed E-state index contributed by atoms with van der Waals surface area (Å²) in [5.41, 5.74) is 2.37. The molecule has 0 bridgehead atoms. The number of rotatable bonds is 0. The van der Waals surface area contributed by atoms with Crippen molar-refractivity contribution < 1.29 is 0 Å². The molecule has 2 heterocycles. The molecule has 1 aliphatic heterocycles. The first kappa shape index (κ1) is 8.09. The van der Waals surface area contributed by atoms with Crippen LogP contribution in [-0.2, 0) is 0 Å². The highest BCUT2D eigenvalue weighted by molar-refractivity contribution is 5.70. The number of pyridine rings is 1. The predicted octanol–water partition coefficient (Wildman–Crippen LogP) is 2.23. The summed E-state index contributed by atoms with van der Waals surface area (Å²) in [6, 6.07) is 3.28. The van der Waals surface area contributed by atoms with E-state index in [1.165, 1.54) is 31.4 Å². The number of nitrogens with one attached hydrogen (secondary N) is 2. The van der Waals surface area contributed by atoms with Gasteiger partial charge in [0.2, 0.25) is 0 Å². The molecule has 0 saturated heterocycles. The van der Waals surface area contributed by atoms with E-state index < -0.39 is 0 Å². The second kappa shape index (κ2) is 3.15. The Balaban J connectivity index is 1.91. The van der Waals surface area contributed by atoms with Crippen molar-refractivity contribution in [3.05, 3.63) is 18.5 Å². The first-order valence-electron chi connectivity index (χ1n) is 5.40. The lowest BCUT2D eigenvalue weighted by molar-refractivity contribution is 0.418. The lowest BCUT2D eigenvalue weighted by atomic mass is 9.88. The summed E-state index contributed by atoms with van der Waals surface area (Å²) in [5, 5.41) is 7.17. The van der Waals surface area contributed by atoms with Gasteiger partial charge in [-0.05, 0) is 18.9 Å². The summed E-state index contributed by atoms with van der Waals surface area (Å²) >= 11 is 0. The topological polar surface area (TPSA) is 37.0 Å². The minimum atomic E-state index is 0.612. The Hall–Kier alpha value is -1.25. The summed E-state index contributed by atoms with van der Waals surface area (Å²) in [6.07, 6.45) is 9.04. The Morgan fingerprint density at radius 3 is 2.57 bits per heavy atom. The molecule has 2 atom stereocenters. The number of aromatic nitrogens is 1. The average Bonchev–Trinajstić information content (AvgIpc) is 2.26. The summed E-state index contributed by atoms with van der Waals surface area (Å²) in [7, 11) is 0. The van der Waals surface area contributed by atoms with Crippen molar-refractivity contribution in [2.75, 3.05) is 10.6 Å². The molecule has 1 aromatic rings. The molecule has 1 saturated carbocycles. The van der Waals surface area contributed by atoms with Crippen molar-refractivity contribution in [1.29, 1.82) is 0 Å². The largest absolute Gasteiger partial charge is 0.378 e. The number of nitrogens with zero attached hydrogens (tertiary/aromatic N) is 1. The molecular weight excluding hydrogens is 174 g/mol. The van der Waals surface area contributed by atoms with Crippen LogP contribution in [0.25, 0.3) is 0 Å². The minimum absolute atomic E-state index is 0.612. The van der Waals surface area contributed by atoms with Crippen LogP contribution in [-0.4, -0.2) is 17.1 Å². The third kappa shape index (κ3) is 1.24. The molecule has 0 aromatic carbocycles. The van der Waals surface area contributed by atoms with E-state index in [2.05, 4.69) is 15.6 Å². The minimum Gasteiger partial charge on any atom is -0.378 e. The quantitative estimate of drug-likeness (QED) is 0.657. The second-order valence-electron chi connectivity index (χ2n) is 4.21. The van der Waals surface area contributed by atoms with Crippen molar-refractivity contribution >= 4 is 11.4 Å². The molecule has 0 amide bonds. The van der Waals surface area contributed by atoms with Crippen LogP contribution in [0, 0.1) is 0 Å². The van der Waals surface area contributed by atoms with Gasteiger partial charge in [0, 0.05) is 18.3 Å². The monoisotopic (exact) mass is 189 g/mol. The molecule has 1 aromatic heterocycles. The van der Waals surface area contributed by atoms with E-state index in [4.69, 9.17) is 0 Å². The standard InChI is InChI=1S/C11H15N3/c1-2-4-9-8(3-1)13-10-5-6-12-7-11(10)14-9/h5-9,13-14H,1-4H2/t8-,9+/m1/s1. The van der Waals surface area contributed by atoms with Gasteiger partial charge in [0.1, 0.15) is 0 Å². The van der Waals surface area contributed by atoms with Crippen LogP contribution in [0.4, 0.5) is 11.4 Å². The van der Waals surface area contributed by atoms with Gasteiger partial charge in [-0.15, -0.1) is 0 Å². The first-order valence-corrected chi connectivity index (χ1v) is 5.40. The lowest BCUT2D eigenvalue weighted by Crippen LogP contribution is -2.45. The smallest absolute Gasteiger partial charge is 0.0765 e. The molecule has 74 valence electrons. The zero-order valence-electron chi connectivity index (χ0n) is 8.16. The van der Waals surface area contributed by atoms with E-state index in [-0.39, 0.29) is 0 Å². The third-order valence-corrected chi connectivity index (χ3v) is 3.27. The zero-order valence-corrected chi connectivity index (χ0v) is 8.16. The summed E-state index contributed by atoms with van der Waals surface area (Å²) in [4.78, 5) is 4.13. The molecule has 2 N–H and O–H groups in total. The summed E-state index contributed by atoms with van der Waals surface area (Å²) in [5.74, 6) is 0. The van der Waals surface area contributed by atoms with Crippen LogP contribution < -0.4 is 10.6 Å². The van der Waals surface area contributed by atoms with Crippen molar-refractivity contribution in [3.63, 3.8) is 0 Å². The van der Waals surface area contributed by atoms with Crippen LogP contribution in [0.3, 0.4) is 0 Å². The maximum Gasteiger partial charge on any atom is 0.0765 e. The van der Waals surface area contributed by atoms with Gasteiger partial charge in [0.15, 0.2) is 0 Å². The van der Waals surface area contributed by atoms with Crippen molar-refractivity contribution in [2.24, 2.45) is 0 Å². The fourth-order valence-electron chi connectivity index (χ4n) is 2.51. The molecular formula is C11H15N3. The highest BCUT2D eigenvalue weighted by Crippen LogP contribution is 2.33. The Kier molecular flexibility index (Phi) is 1.82. The third-order valence-electron chi connectivity index (χ3n) is 3.27. The molecule has 0 spiro atoms. The van der Waals surface area contributed by atoms with Crippen molar-refractivity contribution in [1.82, 2.24) is 4.98 Å². The fraction of sp³-hybridized carbons (Fsp3) is 0.545. The van der Waals surface area contributed by atoms with Crippen molar-refractivity contribution in [2.45, 2.75) is 37.8 Å². The van der Waals surface area contributed by atoms with Gasteiger partial charge in [0.25, 0.3) is 0 Å². The van der Waals surface area contributed by atoms with Crippen LogP contribution in [0.2, 0.25) is 0 Å². The molecule has 2 aliphatic rings.